The molecule has 174 valence electrons. The van der Waals surface area contributed by atoms with Crippen molar-refractivity contribution in [3.8, 4) is 5.75 Å². The lowest BCUT2D eigenvalue weighted by molar-refractivity contribution is -0.137. The van der Waals surface area contributed by atoms with Crippen LogP contribution in [0.25, 0.3) is 0 Å². The van der Waals surface area contributed by atoms with Crippen LogP contribution in [0.3, 0.4) is 0 Å². The molecule has 0 aliphatic rings. The molecule has 0 aliphatic carbocycles. The lowest BCUT2D eigenvalue weighted by Gasteiger charge is -2.24. The normalized spacial score (nSPS) is 11.6. The Labute approximate surface area is 189 Å². The van der Waals surface area contributed by atoms with Gasteiger partial charge in [-0.05, 0) is 55.5 Å². The van der Waals surface area contributed by atoms with Crippen molar-refractivity contribution in [3.05, 3.63) is 84.4 Å². The minimum absolute atomic E-state index is 0.0672. The molecular formula is C23H21F3N2O4S. The fraction of sp³-hybridized carbons (Fsp3) is 0.174. The van der Waals surface area contributed by atoms with Crippen LogP contribution in [0, 0.1) is 0 Å². The van der Waals surface area contributed by atoms with E-state index in [1.54, 1.807) is 25.1 Å². The third kappa shape index (κ3) is 5.83. The van der Waals surface area contributed by atoms with Gasteiger partial charge in [-0.3, -0.25) is 9.10 Å². The number of ether oxygens (including phenoxy) is 1. The molecule has 0 bridgehead atoms. The first-order valence-electron chi connectivity index (χ1n) is 9.89. The van der Waals surface area contributed by atoms with Gasteiger partial charge in [0.15, 0.2) is 0 Å². The van der Waals surface area contributed by atoms with Crippen LogP contribution in [-0.4, -0.2) is 27.5 Å². The van der Waals surface area contributed by atoms with E-state index in [4.69, 9.17) is 4.74 Å². The van der Waals surface area contributed by atoms with Crippen LogP contribution in [0.2, 0.25) is 0 Å². The number of hydrogen-bond acceptors (Lipinski definition) is 4. The second-order valence-corrected chi connectivity index (χ2v) is 8.71. The zero-order chi connectivity index (χ0) is 24.1. The Morgan fingerprint density at radius 1 is 0.939 bits per heavy atom. The van der Waals surface area contributed by atoms with Crippen molar-refractivity contribution < 1.29 is 31.1 Å². The summed E-state index contributed by atoms with van der Waals surface area (Å²) in [7, 11) is -4.20. The highest BCUT2D eigenvalue weighted by molar-refractivity contribution is 7.92. The molecule has 0 radical (unpaired) electrons. The molecule has 0 aromatic heterocycles. The Bertz CT molecular complexity index is 1200. The molecule has 0 fully saturated rings. The molecule has 3 aromatic rings. The molecule has 0 saturated carbocycles. The molecule has 0 spiro atoms. The average molecular weight is 478 g/mol. The first kappa shape index (κ1) is 24.1. The zero-order valence-corrected chi connectivity index (χ0v) is 18.4. The van der Waals surface area contributed by atoms with Crippen LogP contribution in [0.15, 0.2) is 83.8 Å². The number of rotatable bonds is 8. The Balaban J connectivity index is 1.95. The van der Waals surface area contributed by atoms with Gasteiger partial charge in [0.1, 0.15) is 12.3 Å². The van der Waals surface area contributed by atoms with Gasteiger partial charge in [0, 0.05) is 0 Å². The van der Waals surface area contributed by atoms with Gasteiger partial charge >= 0.3 is 6.18 Å². The number of sulfonamides is 1. The van der Waals surface area contributed by atoms with Crippen LogP contribution < -0.4 is 14.4 Å². The van der Waals surface area contributed by atoms with Gasteiger partial charge in [-0.2, -0.15) is 13.2 Å². The fourth-order valence-electron chi connectivity index (χ4n) is 3.07. The average Bonchev–Trinajstić information content (AvgIpc) is 2.78. The molecule has 0 unspecified atom stereocenters. The largest absolute Gasteiger partial charge is 0.494 e. The van der Waals surface area contributed by atoms with Gasteiger partial charge in [-0.15, -0.1) is 0 Å². The summed E-state index contributed by atoms with van der Waals surface area (Å²) in [6, 6.07) is 17.9. The van der Waals surface area contributed by atoms with Gasteiger partial charge in [0.2, 0.25) is 5.91 Å². The predicted octanol–water partition coefficient (Wildman–Crippen LogP) is 4.94. The van der Waals surface area contributed by atoms with Crippen LogP contribution in [0.5, 0.6) is 5.75 Å². The first-order valence-corrected chi connectivity index (χ1v) is 11.3. The zero-order valence-electron chi connectivity index (χ0n) is 17.5. The fourth-order valence-corrected chi connectivity index (χ4v) is 4.51. The van der Waals surface area contributed by atoms with E-state index in [9.17, 15) is 26.4 Å². The number of para-hydroxylation sites is 1. The third-order valence-electron chi connectivity index (χ3n) is 4.56. The summed E-state index contributed by atoms with van der Waals surface area (Å²) in [4.78, 5) is 12.6. The van der Waals surface area contributed by atoms with Crippen LogP contribution in [-0.2, 0) is 21.0 Å². The van der Waals surface area contributed by atoms with E-state index in [0.29, 0.717) is 12.4 Å². The number of benzene rings is 3. The number of alkyl halides is 3. The standard InChI is InChI=1S/C23H21F3N2O4S/c1-2-32-18-14-12-17(13-15-18)28(33(30,31)19-8-4-3-5-9-19)16-22(29)27-21-11-7-6-10-20(21)23(24,25)26/h3-15H,2,16H2,1H3,(H,27,29). The molecular weight excluding hydrogens is 457 g/mol. The number of carbonyl (C=O) groups is 1. The van der Waals surface area contributed by atoms with Gasteiger partial charge in [0.25, 0.3) is 10.0 Å². The Morgan fingerprint density at radius 3 is 2.15 bits per heavy atom. The lowest BCUT2D eigenvalue weighted by Crippen LogP contribution is -2.38. The molecule has 0 atom stereocenters. The van der Waals surface area contributed by atoms with Crippen molar-refractivity contribution in [3.63, 3.8) is 0 Å². The quantitative estimate of drug-likeness (QED) is 0.498. The van der Waals surface area contributed by atoms with Gasteiger partial charge in [-0.1, -0.05) is 30.3 Å². The van der Waals surface area contributed by atoms with Gasteiger partial charge in [-0.25, -0.2) is 8.42 Å². The first-order chi connectivity index (χ1) is 15.6. The lowest BCUT2D eigenvalue weighted by atomic mass is 10.1. The second-order valence-electron chi connectivity index (χ2n) is 6.84. The number of nitrogens with zero attached hydrogens (tertiary/aromatic N) is 1. The van der Waals surface area contributed by atoms with Crippen LogP contribution in [0.4, 0.5) is 24.5 Å². The number of carbonyl (C=O) groups excluding carboxylic acids is 1. The Kier molecular flexibility index (Phi) is 7.27. The van der Waals surface area contributed by atoms with Crippen molar-refractivity contribution >= 4 is 27.3 Å². The maximum absolute atomic E-state index is 13.3. The number of hydrogen-bond donors (Lipinski definition) is 1. The van der Waals surface area contributed by atoms with Crippen LogP contribution in [0.1, 0.15) is 12.5 Å². The van der Waals surface area contributed by atoms with Crippen molar-refractivity contribution in [1.82, 2.24) is 0 Å². The summed E-state index contributed by atoms with van der Waals surface area (Å²) in [5.41, 5.74) is -1.34. The predicted molar refractivity (Wildman–Crippen MR) is 119 cm³/mol. The molecule has 1 amide bonds. The highest BCUT2D eigenvalue weighted by atomic mass is 32.2. The topological polar surface area (TPSA) is 75.7 Å². The molecule has 0 heterocycles. The summed E-state index contributed by atoms with van der Waals surface area (Å²) in [5.74, 6) is -0.429. The maximum atomic E-state index is 13.3. The number of halogens is 3. The summed E-state index contributed by atoms with van der Waals surface area (Å²) in [6.07, 6.45) is -4.69. The molecule has 0 saturated heterocycles. The van der Waals surface area contributed by atoms with E-state index in [0.717, 1.165) is 16.4 Å². The van der Waals surface area contributed by atoms with Crippen molar-refractivity contribution in [2.75, 3.05) is 22.8 Å². The molecule has 33 heavy (non-hydrogen) atoms. The summed E-state index contributed by atoms with van der Waals surface area (Å²) in [5, 5.41) is 2.18. The van der Waals surface area contributed by atoms with Crippen molar-refractivity contribution in [1.29, 1.82) is 0 Å². The number of anilines is 2. The smallest absolute Gasteiger partial charge is 0.418 e. The van der Waals surface area contributed by atoms with E-state index in [2.05, 4.69) is 5.32 Å². The highest BCUT2D eigenvalue weighted by Gasteiger charge is 2.34. The molecule has 0 aliphatic heterocycles. The Hall–Kier alpha value is -3.53. The SMILES string of the molecule is CCOc1ccc(N(CC(=O)Nc2ccccc2C(F)(F)F)S(=O)(=O)c2ccccc2)cc1. The summed E-state index contributed by atoms with van der Waals surface area (Å²) < 4.78 is 72.6. The molecule has 10 heteroatoms. The Morgan fingerprint density at radius 2 is 1.55 bits per heavy atom. The van der Waals surface area contributed by atoms with E-state index in [-0.39, 0.29) is 10.6 Å². The van der Waals surface area contributed by atoms with Gasteiger partial charge in [0.05, 0.1) is 28.4 Å². The van der Waals surface area contributed by atoms with E-state index < -0.39 is 39.9 Å². The molecule has 3 aromatic carbocycles. The van der Waals surface area contributed by atoms with Crippen molar-refractivity contribution in [2.45, 2.75) is 18.0 Å². The molecule has 3 rings (SSSR count). The van der Waals surface area contributed by atoms with E-state index in [1.807, 2.05) is 0 Å². The number of amides is 1. The summed E-state index contributed by atoms with van der Waals surface area (Å²) >= 11 is 0. The van der Waals surface area contributed by atoms with Gasteiger partial charge < -0.3 is 10.1 Å². The summed E-state index contributed by atoms with van der Waals surface area (Å²) in [6.45, 7) is 1.47. The van der Waals surface area contributed by atoms with E-state index >= 15 is 0 Å². The second kappa shape index (κ2) is 9.95. The monoisotopic (exact) mass is 478 g/mol. The van der Waals surface area contributed by atoms with Crippen LogP contribution >= 0.6 is 0 Å². The minimum atomic E-state index is -4.69. The molecule has 6 nitrogen and oxygen atoms in total. The van der Waals surface area contributed by atoms with Crippen molar-refractivity contribution in [2.24, 2.45) is 0 Å². The third-order valence-corrected chi connectivity index (χ3v) is 6.35. The minimum Gasteiger partial charge on any atom is -0.494 e. The highest BCUT2D eigenvalue weighted by Crippen LogP contribution is 2.34. The molecule has 1 N–H and O–H groups in total. The maximum Gasteiger partial charge on any atom is 0.418 e. The number of nitrogens with one attached hydrogen (secondary N) is 1. The van der Waals surface area contributed by atoms with E-state index in [1.165, 1.54) is 48.5 Å².